The summed E-state index contributed by atoms with van der Waals surface area (Å²) in [5.74, 6) is 0.0456. The second-order valence-electron chi connectivity index (χ2n) is 5.42. The topological polar surface area (TPSA) is 32.3 Å². The van der Waals surface area contributed by atoms with Gasteiger partial charge in [0.1, 0.15) is 0 Å². The van der Waals surface area contributed by atoms with E-state index in [0.29, 0.717) is 6.04 Å². The first kappa shape index (κ1) is 15.5. The fourth-order valence-corrected chi connectivity index (χ4v) is 2.02. The Labute approximate surface area is 117 Å². The van der Waals surface area contributed by atoms with Crippen molar-refractivity contribution in [2.45, 2.75) is 46.1 Å². The minimum Gasteiger partial charge on any atom is -0.382 e. The number of benzene rings is 1. The van der Waals surface area contributed by atoms with Crippen LogP contribution in [0.3, 0.4) is 0 Å². The monoisotopic (exact) mass is 262 g/mol. The van der Waals surface area contributed by atoms with E-state index in [4.69, 9.17) is 0 Å². The van der Waals surface area contributed by atoms with Gasteiger partial charge in [0.15, 0.2) is 0 Å². The molecule has 1 amide bonds. The fourth-order valence-electron chi connectivity index (χ4n) is 2.02. The molecule has 19 heavy (non-hydrogen) atoms. The molecule has 0 bridgehead atoms. The SMILES string of the molecule is CCCCC(C)Nc1cc(C(=O)N(C)C)ccc1C. The zero-order chi connectivity index (χ0) is 14.4. The van der Waals surface area contributed by atoms with Gasteiger partial charge in [-0.2, -0.15) is 0 Å². The number of hydrogen-bond donors (Lipinski definition) is 1. The maximum Gasteiger partial charge on any atom is 0.253 e. The summed E-state index contributed by atoms with van der Waals surface area (Å²) in [7, 11) is 3.55. The third-order valence-corrected chi connectivity index (χ3v) is 3.28. The van der Waals surface area contributed by atoms with Crippen LogP contribution in [0, 0.1) is 6.92 Å². The van der Waals surface area contributed by atoms with E-state index in [1.54, 1.807) is 19.0 Å². The number of amides is 1. The molecule has 0 radical (unpaired) electrons. The van der Waals surface area contributed by atoms with E-state index < -0.39 is 0 Å². The third-order valence-electron chi connectivity index (χ3n) is 3.28. The van der Waals surface area contributed by atoms with Gasteiger partial charge >= 0.3 is 0 Å². The van der Waals surface area contributed by atoms with Crippen molar-refractivity contribution in [1.29, 1.82) is 0 Å². The molecule has 1 atom stereocenters. The zero-order valence-corrected chi connectivity index (χ0v) is 12.8. The van der Waals surface area contributed by atoms with Gasteiger partial charge in [0.05, 0.1) is 0 Å². The van der Waals surface area contributed by atoms with E-state index in [0.717, 1.165) is 17.7 Å². The molecule has 0 aliphatic rings. The van der Waals surface area contributed by atoms with Crippen LogP contribution >= 0.6 is 0 Å². The average Bonchev–Trinajstić information content (AvgIpc) is 2.38. The molecule has 0 heterocycles. The molecule has 3 heteroatoms. The van der Waals surface area contributed by atoms with Crippen LogP contribution < -0.4 is 5.32 Å². The van der Waals surface area contributed by atoms with Crippen molar-refractivity contribution in [2.24, 2.45) is 0 Å². The zero-order valence-electron chi connectivity index (χ0n) is 12.8. The molecule has 0 saturated carbocycles. The first-order valence-corrected chi connectivity index (χ1v) is 7.04. The van der Waals surface area contributed by atoms with Crippen LogP contribution in [0.2, 0.25) is 0 Å². The van der Waals surface area contributed by atoms with Crippen molar-refractivity contribution in [2.75, 3.05) is 19.4 Å². The number of nitrogens with one attached hydrogen (secondary N) is 1. The van der Waals surface area contributed by atoms with E-state index in [-0.39, 0.29) is 5.91 Å². The highest BCUT2D eigenvalue weighted by Crippen LogP contribution is 2.19. The summed E-state index contributed by atoms with van der Waals surface area (Å²) in [5.41, 5.74) is 2.98. The summed E-state index contributed by atoms with van der Waals surface area (Å²) >= 11 is 0. The van der Waals surface area contributed by atoms with Gasteiger partial charge in [-0.15, -0.1) is 0 Å². The number of hydrogen-bond acceptors (Lipinski definition) is 2. The number of unbranched alkanes of at least 4 members (excludes halogenated alkanes) is 1. The largest absolute Gasteiger partial charge is 0.382 e. The Morgan fingerprint density at radius 3 is 2.63 bits per heavy atom. The minimum atomic E-state index is 0.0456. The molecule has 0 aliphatic heterocycles. The van der Waals surface area contributed by atoms with Gasteiger partial charge in [0, 0.05) is 31.4 Å². The van der Waals surface area contributed by atoms with E-state index in [1.165, 1.54) is 18.4 Å². The summed E-state index contributed by atoms with van der Waals surface area (Å²) in [5, 5.41) is 3.51. The molecule has 1 aromatic rings. The summed E-state index contributed by atoms with van der Waals surface area (Å²) in [6, 6.07) is 6.29. The molecule has 106 valence electrons. The molecule has 0 aliphatic carbocycles. The normalized spacial score (nSPS) is 12.1. The molecular formula is C16H26N2O. The van der Waals surface area contributed by atoms with Crippen LogP contribution in [0.25, 0.3) is 0 Å². The Morgan fingerprint density at radius 1 is 1.37 bits per heavy atom. The highest BCUT2D eigenvalue weighted by molar-refractivity contribution is 5.95. The van der Waals surface area contributed by atoms with Crippen LogP contribution in [0.5, 0.6) is 0 Å². The average molecular weight is 262 g/mol. The maximum atomic E-state index is 12.0. The van der Waals surface area contributed by atoms with Gasteiger partial charge < -0.3 is 10.2 Å². The van der Waals surface area contributed by atoms with Crippen molar-refractivity contribution >= 4 is 11.6 Å². The lowest BCUT2D eigenvalue weighted by atomic mass is 10.1. The van der Waals surface area contributed by atoms with E-state index >= 15 is 0 Å². The van der Waals surface area contributed by atoms with Gasteiger partial charge in [0.25, 0.3) is 5.91 Å². The van der Waals surface area contributed by atoms with Crippen LogP contribution in [0.15, 0.2) is 18.2 Å². The second-order valence-corrected chi connectivity index (χ2v) is 5.42. The van der Waals surface area contributed by atoms with Crippen molar-refractivity contribution in [3.63, 3.8) is 0 Å². The van der Waals surface area contributed by atoms with Crippen LogP contribution in [0.1, 0.15) is 49.0 Å². The number of nitrogens with zero attached hydrogens (tertiary/aromatic N) is 1. The molecule has 1 rings (SSSR count). The highest BCUT2D eigenvalue weighted by Gasteiger charge is 2.11. The lowest BCUT2D eigenvalue weighted by Crippen LogP contribution is -2.22. The maximum absolute atomic E-state index is 12.0. The van der Waals surface area contributed by atoms with Crippen molar-refractivity contribution in [1.82, 2.24) is 4.90 Å². The van der Waals surface area contributed by atoms with Crippen LogP contribution in [-0.2, 0) is 0 Å². The van der Waals surface area contributed by atoms with Crippen LogP contribution in [-0.4, -0.2) is 30.9 Å². The lowest BCUT2D eigenvalue weighted by molar-refractivity contribution is 0.0827. The van der Waals surface area contributed by atoms with E-state index in [2.05, 4.69) is 26.1 Å². The number of carbonyl (C=O) groups excluding carboxylic acids is 1. The number of anilines is 1. The van der Waals surface area contributed by atoms with Crippen molar-refractivity contribution in [3.05, 3.63) is 29.3 Å². The summed E-state index contributed by atoms with van der Waals surface area (Å²) in [6.45, 7) is 6.46. The smallest absolute Gasteiger partial charge is 0.253 e. The first-order valence-electron chi connectivity index (χ1n) is 7.04. The van der Waals surface area contributed by atoms with Gasteiger partial charge in [-0.25, -0.2) is 0 Å². The molecule has 0 fully saturated rings. The minimum absolute atomic E-state index is 0.0456. The first-order chi connectivity index (χ1) is 8.95. The summed E-state index contributed by atoms with van der Waals surface area (Å²) < 4.78 is 0. The number of aryl methyl sites for hydroxylation is 1. The lowest BCUT2D eigenvalue weighted by Gasteiger charge is -2.18. The summed E-state index contributed by atoms with van der Waals surface area (Å²) in [6.07, 6.45) is 3.59. The molecule has 0 saturated heterocycles. The molecule has 1 aromatic carbocycles. The molecule has 1 unspecified atom stereocenters. The Hall–Kier alpha value is -1.51. The van der Waals surface area contributed by atoms with Gasteiger partial charge in [0.2, 0.25) is 0 Å². The Balaban J connectivity index is 2.82. The quantitative estimate of drug-likeness (QED) is 0.848. The summed E-state index contributed by atoms with van der Waals surface area (Å²) in [4.78, 5) is 13.6. The predicted molar refractivity (Wildman–Crippen MR) is 81.8 cm³/mol. The van der Waals surface area contributed by atoms with Gasteiger partial charge in [-0.1, -0.05) is 25.8 Å². The van der Waals surface area contributed by atoms with E-state index in [1.807, 2.05) is 18.2 Å². The van der Waals surface area contributed by atoms with Crippen molar-refractivity contribution in [3.8, 4) is 0 Å². The van der Waals surface area contributed by atoms with Crippen molar-refractivity contribution < 1.29 is 4.79 Å². The molecular weight excluding hydrogens is 236 g/mol. The van der Waals surface area contributed by atoms with Gasteiger partial charge in [-0.05, 0) is 38.0 Å². The van der Waals surface area contributed by atoms with E-state index in [9.17, 15) is 4.79 Å². The Morgan fingerprint density at radius 2 is 2.05 bits per heavy atom. The van der Waals surface area contributed by atoms with Crippen LogP contribution in [0.4, 0.5) is 5.69 Å². The predicted octanol–water partition coefficient (Wildman–Crippen LogP) is 3.69. The molecule has 3 nitrogen and oxygen atoms in total. The second kappa shape index (κ2) is 7.17. The molecule has 0 aromatic heterocycles. The third kappa shape index (κ3) is 4.58. The highest BCUT2D eigenvalue weighted by atomic mass is 16.2. The Bertz CT molecular complexity index is 427. The standard InChI is InChI=1S/C16H26N2O/c1-6-7-8-13(3)17-15-11-14(10-9-12(15)2)16(19)18(4)5/h9-11,13,17H,6-8H2,1-5H3. The molecule has 1 N–H and O–H groups in total. The number of rotatable bonds is 6. The van der Waals surface area contributed by atoms with Gasteiger partial charge in [-0.3, -0.25) is 4.79 Å². The number of carbonyl (C=O) groups is 1. The molecule has 0 spiro atoms. The fraction of sp³-hybridized carbons (Fsp3) is 0.562. The Kier molecular flexibility index (Phi) is 5.87.